The van der Waals surface area contributed by atoms with Crippen molar-refractivity contribution in [3.05, 3.63) is 54.4 Å². The highest BCUT2D eigenvalue weighted by molar-refractivity contribution is 5.78. The number of hydrogen-bond donors (Lipinski definition) is 1. The SMILES string of the molecule is COc1ccccc1OCCCCn1c(CNC(=O)C(C)C)nc2ccccc21. The minimum absolute atomic E-state index is 0.0359. The van der Waals surface area contributed by atoms with Gasteiger partial charge in [-0.15, -0.1) is 0 Å². The lowest BCUT2D eigenvalue weighted by atomic mass is 10.2. The van der Waals surface area contributed by atoms with Crippen LogP contribution in [-0.2, 0) is 17.9 Å². The molecule has 0 aliphatic carbocycles. The Morgan fingerprint density at radius 2 is 1.79 bits per heavy atom. The van der Waals surface area contributed by atoms with Crippen molar-refractivity contribution in [2.45, 2.75) is 39.8 Å². The molecule has 0 aliphatic rings. The first-order valence-electron chi connectivity index (χ1n) is 10.1. The van der Waals surface area contributed by atoms with Crippen LogP contribution < -0.4 is 14.8 Å². The molecule has 0 aliphatic heterocycles. The number of unbranched alkanes of at least 4 members (excludes halogenated alkanes) is 1. The van der Waals surface area contributed by atoms with Gasteiger partial charge in [0.15, 0.2) is 11.5 Å². The zero-order chi connectivity index (χ0) is 20.6. The van der Waals surface area contributed by atoms with Gasteiger partial charge in [-0.05, 0) is 37.1 Å². The molecule has 0 fully saturated rings. The van der Waals surface area contributed by atoms with Crippen LogP contribution in [0.5, 0.6) is 11.5 Å². The summed E-state index contributed by atoms with van der Waals surface area (Å²) in [6.07, 6.45) is 1.85. The number of methoxy groups -OCH3 is 1. The summed E-state index contributed by atoms with van der Waals surface area (Å²) in [5, 5.41) is 2.97. The van der Waals surface area contributed by atoms with Gasteiger partial charge in [0.25, 0.3) is 0 Å². The molecule has 3 aromatic rings. The Morgan fingerprint density at radius 1 is 1.07 bits per heavy atom. The van der Waals surface area contributed by atoms with Crippen molar-refractivity contribution in [2.75, 3.05) is 13.7 Å². The summed E-state index contributed by atoms with van der Waals surface area (Å²) in [5.74, 6) is 2.39. The molecule has 29 heavy (non-hydrogen) atoms. The summed E-state index contributed by atoms with van der Waals surface area (Å²) < 4.78 is 13.4. The smallest absolute Gasteiger partial charge is 0.222 e. The van der Waals surface area contributed by atoms with Crippen molar-refractivity contribution in [1.29, 1.82) is 0 Å². The van der Waals surface area contributed by atoms with Crippen molar-refractivity contribution < 1.29 is 14.3 Å². The van der Waals surface area contributed by atoms with Crippen LogP contribution in [0.25, 0.3) is 11.0 Å². The highest BCUT2D eigenvalue weighted by atomic mass is 16.5. The summed E-state index contributed by atoms with van der Waals surface area (Å²) >= 11 is 0. The fourth-order valence-electron chi connectivity index (χ4n) is 3.17. The topological polar surface area (TPSA) is 65.4 Å². The Balaban J connectivity index is 1.60. The standard InChI is InChI=1S/C23H29N3O3/c1-17(2)23(27)24-16-22-25-18-10-4-5-11-19(18)26(22)14-8-9-15-29-21-13-7-6-12-20(21)28-3/h4-7,10-13,17H,8-9,14-16H2,1-3H3,(H,24,27). The maximum atomic E-state index is 12.0. The Labute approximate surface area is 171 Å². The molecule has 0 bridgehead atoms. The summed E-state index contributed by atoms with van der Waals surface area (Å²) in [6, 6.07) is 15.7. The third-order valence-electron chi connectivity index (χ3n) is 4.78. The fourth-order valence-corrected chi connectivity index (χ4v) is 3.17. The number of aromatic nitrogens is 2. The third-order valence-corrected chi connectivity index (χ3v) is 4.78. The number of aryl methyl sites for hydroxylation is 1. The minimum atomic E-state index is -0.0417. The molecule has 0 saturated carbocycles. The predicted molar refractivity (Wildman–Crippen MR) is 114 cm³/mol. The molecule has 2 aromatic carbocycles. The van der Waals surface area contributed by atoms with E-state index in [2.05, 4.69) is 16.0 Å². The number of hydrogen-bond acceptors (Lipinski definition) is 4. The molecule has 3 rings (SSSR count). The second kappa shape index (κ2) is 9.96. The molecule has 0 atom stereocenters. The maximum Gasteiger partial charge on any atom is 0.222 e. The molecule has 1 amide bonds. The summed E-state index contributed by atoms with van der Waals surface area (Å²) in [6.45, 7) is 5.65. The summed E-state index contributed by atoms with van der Waals surface area (Å²) in [5.41, 5.74) is 2.04. The van der Waals surface area contributed by atoms with Crippen LogP contribution in [0.1, 0.15) is 32.5 Å². The molecular weight excluding hydrogens is 366 g/mol. The van der Waals surface area contributed by atoms with E-state index in [1.165, 1.54) is 0 Å². The molecule has 0 unspecified atom stereocenters. The van der Waals surface area contributed by atoms with Crippen LogP contribution >= 0.6 is 0 Å². The lowest BCUT2D eigenvalue weighted by molar-refractivity contribution is -0.124. The third kappa shape index (κ3) is 5.28. The zero-order valence-corrected chi connectivity index (χ0v) is 17.4. The van der Waals surface area contributed by atoms with E-state index in [1.54, 1.807) is 7.11 Å². The van der Waals surface area contributed by atoms with E-state index in [1.807, 2.05) is 56.3 Å². The van der Waals surface area contributed by atoms with Crippen LogP contribution in [0.15, 0.2) is 48.5 Å². The van der Waals surface area contributed by atoms with Crippen molar-refractivity contribution in [1.82, 2.24) is 14.9 Å². The number of carbonyl (C=O) groups is 1. The molecule has 1 N–H and O–H groups in total. The van der Waals surface area contributed by atoms with Gasteiger partial charge in [0, 0.05) is 12.5 Å². The number of carbonyl (C=O) groups excluding carboxylic acids is 1. The van der Waals surface area contributed by atoms with E-state index in [0.29, 0.717) is 13.2 Å². The molecule has 1 aromatic heterocycles. The first-order valence-corrected chi connectivity index (χ1v) is 10.1. The lowest BCUT2D eigenvalue weighted by Gasteiger charge is -2.12. The Kier molecular flexibility index (Phi) is 7.11. The van der Waals surface area contributed by atoms with Gasteiger partial charge in [0.1, 0.15) is 5.82 Å². The summed E-state index contributed by atoms with van der Waals surface area (Å²) in [7, 11) is 1.64. The fraction of sp³-hybridized carbons (Fsp3) is 0.391. The minimum Gasteiger partial charge on any atom is -0.493 e. The maximum absolute atomic E-state index is 12.0. The number of nitrogens with zero attached hydrogens (tertiary/aromatic N) is 2. The van der Waals surface area contributed by atoms with Gasteiger partial charge in [0.05, 0.1) is 31.3 Å². The van der Waals surface area contributed by atoms with Crippen molar-refractivity contribution in [3.63, 3.8) is 0 Å². The van der Waals surface area contributed by atoms with Gasteiger partial charge < -0.3 is 19.4 Å². The van der Waals surface area contributed by atoms with E-state index in [-0.39, 0.29) is 11.8 Å². The number of para-hydroxylation sites is 4. The van der Waals surface area contributed by atoms with Gasteiger partial charge in [0.2, 0.25) is 5.91 Å². The number of benzene rings is 2. The number of nitrogens with one attached hydrogen (secondary N) is 1. The molecule has 6 nitrogen and oxygen atoms in total. The van der Waals surface area contributed by atoms with Crippen LogP contribution in [0, 0.1) is 5.92 Å². The number of rotatable bonds is 10. The monoisotopic (exact) mass is 395 g/mol. The van der Waals surface area contributed by atoms with Crippen LogP contribution in [0.4, 0.5) is 0 Å². The first-order chi connectivity index (χ1) is 14.1. The van der Waals surface area contributed by atoms with E-state index < -0.39 is 0 Å². The second-order valence-electron chi connectivity index (χ2n) is 7.25. The highest BCUT2D eigenvalue weighted by Gasteiger charge is 2.13. The van der Waals surface area contributed by atoms with Crippen molar-refractivity contribution in [2.24, 2.45) is 5.92 Å². The van der Waals surface area contributed by atoms with Gasteiger partial charge in [-0.25, -0.2) is 4.98 Å². The second-order valence-corrected chi connectivity index (χ2v) is 7.25. The average molecular weight is 396 g/mol. The summed E-state index contributed by atoms with van der Waals surface area (Å²) in [4.78, 5) is 16.7. The van der Waals surface area contributed by atoms with E-state index >= 15 is 0 Å². The number of imidazole rings is 1. The van der Waals surface area contributed by atoms with E-state index in [9.17, 15) is 4.79 Å². The zero-order valence-electron chi connectivity index (χ0n) is 17.4. The average Bonchev–Trinajstić information content (AvgIpc) is 3.09. The van der Waals surface area contributed by atoms with Crippen molar-refractivity contribution >= 4 is 16.9 Å². The van der Waals surface area contributed by atoms with Gasteiger partial charge in [-0.3, -0.25) is 4.79 Å². The first kappa shape index (κ1) is 20.7. The molecular formula is C23H29N3O3. The van der Waals surface area contributed by atoms with E-state index in [0.717, 1.165) is 47.7 Å². The van der Waals surface area contributed by atoms with Crippen LogP contribution in [-0.4, -0.2) is 29.2 Å². The Bertz CT molecular complexity index is 949. The highest BCUT2D eigenvalue weighted by Crippen LogP contribution is 2.26. The van der Waals surface area contributed by atoms with Crippen molar-refractivity contribution in [3.8, 4) is 11.5 Å². The van der Waals surface area contributed by atoms with Gasteiger partial charge >= 0.3 is 0 Å². The molecule has 0 saturated heterocycles. The Morgan fingerprint density at radius 3 is 2.55 bits per heavy atom. The normalized spacial score (nSPS) is 11.0. The molecule has 6 heteroatoms. The van der Waals surface area contributed by atoms with Crippen LogP contribution in [0.2, 0.25) is 0 Å². The molecule has 154 valence electrons. The molecule has 1 heterocycles. The number of fused-ring (bicyclic) bond motifs is 1. The lowest BCUT2D eigenvalue weighted by Crippen LogP contribution is -2.28. The number of amides is 1. The predicted octanol–water partition coefficient (Wildman–Crippen LogP) is 4.18. The molecule has 0 radical (unpaired) electrons. The van der Waals surface area contributed by atoms with Crippen LogP contribution in [0.3, 0.4) is 0 Å². The quantitative estimate of drug-likeness (QED) is 0.523. The number of ether oxygens (including phenoxy) is 2. The van der Waals surface area contributed by atoms with Gasteiger partial charge in [-0.1, -0.05) is 38.1 Å². The molecule has 0 spiro atoms. The van der Waals surface area contributed by atoms with E-state index in [4.69, 9.17) is 14.5 Å². The largest absolute Gasteiger partial charge is 0.493 e. The van der Waals surface area contributed by atoms with Gasteiger partial charge in [-0.2, -0.15) is 0 Å². The Hall–Kier alpha value is -3.02.